The number of pyridine rings is 1. The van der Waals surface area contributed by atoms with E-state index in [0.717, 1.165) is 19.3 Å². The zero-order valence-corrected chi connectivity index (χ0v) is 17.7. The maximum Gasteiger partial charge on any atom is 0.275 e. The van der Waals surface area contributed by atoms with Crippen molar-refractivity contribution in [2.24, 2.45) is 5.92 Å². The molecule has 3 atom stereocenters. The highest BCUT2D eigenvalue weighted by Gasteiger charge is 2.51. The smallest absolute Gasteiger partial charge is 0.275 e. The van der Waals surface area contributed by atoms with E-state index in [4.69, 9.17) is 23.2 Å². The number of amides is 2. The van der Waals surface area contributed by atoms with E-state index < -0.39 is 22.9 Å². The molecule has 3 aliphatic rings. The van der Waals surface area contributed by atoms with E-state index in [-0.39, 0.29) is 51.4 Å². The summed E-state index contributed by atoms with van der Waals surface area (Å²) in [6, 6.07) is 2.84. The molecule has 162 valence electrons. The summed E-state index contributed by atoms with van der Waals surface area (Å²) in [4.78, 5) is 40.1. The van der Waals surface area contributed by atoms with Gasteiger partial charge in [0.1, 0.15) is 11.4 Å². The Morgan fingerprint density at radius 3 is 2.74 bits per heavy atom. The number of benzene rings is 1. The lowest BCUT2D eigenvalue weighted by molar-refractivity contribution is 0.0482. The van der Waals surface area contributed by atoms with Crippen LogP contribution in [0.1, 0.15) is 45.7 Å². The molecule has 0 spiro atoms. The Morgan fingerprint density at radius 2 is 1.97 bits per heavy atom. The number of piperidine rings is 1. The molecule has 2 amide bonds. The van der Waals surface area contributed by atoms with Crippen molar-refractivity contribution in [2.75, 3.05) is 0 Å². The molecule has 2 bridgehead atoms. The fourth-order valence-electron chi connectivity index (χ4n) is 5.14. The Kier molecular flexibility index (Phi) is 4.75. The third-order valence-electron chi connectivity index (χ3n) is 6.63. The lowest BCUT2D eigenvalue weighted by Crippen LogP contribution is -2.52. The number of hydrogen-bond donors (Lipinski definition) is 2. The van der Waals surface area contributed by atoms with Gasteiger partial charge >= 0.3 is 0 Å². The number of carbonyl (C=O) groups excluding carboxylic acids is 2. The number of fused-ring (bicyclic) bond motifs is 6. The van der Waals surface area contributed by atoms with Crippen LogP contribution in [0.5, 0.6) is 5.75 Å². The molecule has 7 nitrogen and oxygen atoms in total. The van der Waals surface area contributed by atoms with Crippen molar-refractivity contribution in [3.63, 3.8) is 0 Å². The van der Waals surface area contributed by atoms with Gasteiger partial charge in [0, 0.05) is 35.9 Å². The second-order valence-corrected chi connectivity index (χ2v) is 9.05. The third kappa shape index (κ3) is 3.03. The highest BCUT2D eigenvalue weighted by atomic mass is 35.5. The molecule has 0 unspecified atom stereocenters. The predicted octanol–water partition coefficient (Wildman–Crippen LogP) is 2.94. The van der Waals surface area contributed by atoms with E-state index in [1.165, 1.54) is 22.9 Å². The van der Waals surface area contributed by atoms with Gasteiger partial charge in [0.2, 0.25) is 5.43 Å². The fourth-order valence-corrected chi connectivity index (χ4v) is 5.53. The molecule has 0 radical (unpaired) electrons. The molecule has 1 aliphatic carbocycles. The molecular formula is C21H18Cl2FN3O4. The van der Waals surface area contributed by atoms with Crippen LogP contribution in [0.25, 0.3) is 0 Å². The monoisotopic (exact) mass is 465 g/mol. The van der Waals surface area contributed by atoms with E-state index >= 15 is 0 Å². The first-order valence-electron chi connectivity index (χ1n) is 9.97. The Bertz CT molecular complexity index is 1200. The molecule has 2 aliphatic heterocycles. The van der Waals surface area contributed by atoms with Gasteiger partial charge in [-0.05, 0) is 37.3 Å². The topological polar surface area (TPSA) is 91.6 Å². The zero-order valence-electron chi connectivity index (χ0n) is 16.2. The van der Waals surface area contributed by atoms with Crippen molar-refractivity contribution in [3.8, 4) is 5.75 Å². The average Bonchev–Trinajstić information content (AvgIpc) is 3.35. The van der Waals surface area contributed by atoms with E-state index in [1.54, 1.807) is 4.90 Å². The van der Waals surface area contributed by atoms with Crippen LogP contribution in [0, 0.1) is 11.7 Å². The van der Waals surface area contributed by atoms with Crippen molar-refractivity contribution < 1.29 is 19.1 Å². The summed E-state index contributed by atoms with van der Waals surface area (Å²) < 4.78 is 15.7. The SMILES string of the molecule is O=C(NCc1c(Cl)ccc(Cl)c1F)c1cn2c(c(O)c1=O)C(=O)N1[C@@H]3CC[C@@H](C3)[C@@H]1C2. The van der Waals surface area contributed by atoms with Crippen molar-refractivity contribution in [3.05, 3.63) is 61.2 Å². The molecule has 1 aromatic heterocycles. The van der Waals surface area contributed by atoms with Gasteiger partial charge in [-0.1, -0.05) is 23.2 Å². The van der Waals surface area contributed by atoms with Gasteiger partial charge in [-0.3, -0.25) is 14.4 Å². The van der Waals surface area contributed by atoms with Crippen LogP contribution in [-0.4, -0.2) is 38.5 Å². The number of nitrogens with zero attached hydrogens (tertiary/aromatic N) is 2. The van der Waals surface area contributed by atoms with E-state index in [2.05, 4.69) is 5.32 Å². The second kappa shape index (κ2) is 7.24. The lowest BCUT2D eigenvalue weighted by atomic mass is 9.95. The fraction of sp³-hybridized carbons (Fsp3) is 0.381. The highest BCUT2D eigenvalue weighted by Crippen LogP contribution is 2.45. The summed E-state index contributed by atoms with van der Waals surface area (Å²) in [5.41, 5.74) is -1.38. The molecular weight excluding hydrogens is 448 g/mol. The van der Waals surface area contributed by atoms with Gasteiger partial charge < -0.3 is 19.9 Å². The molecule has 31 heavy (non-hydrogen) atoms. The minimum Gasteiger partial charge on any atom is -0.503 e. The largest absolute Gasteiger partial charge is 0.503 e. The molecule has 2 aromatic rings. The van der Waals surface area contributed by atoms with Gasteiger partial charge in [0.25, 0.3) is 11.8 Å². The number of aromatic hydroxyl groups is 1. The summed E-state index contributed by atoms with van der Waals surface area (Å²) in [6.07, 6.45) is 4.19. The van der Waals surface area contributed by atoms with Crippen LogP contribution in [0.15, 0.2) is 23.1 Å². The van der Waals surface area contributed by atoms with Crippen molar-refractivity contribution in [1.82, 2.24) is 14.8 Å². The minimum absolute atomic E-state index is 0.00377. The van der Waals surface area contributed by atoms with Crippen LogP contribution in [0.4, 0.5) is 4.39 Å². The van der Waals surface area contributed by atoms with Gasteiger partial charge in [0.05, 0.1) is 11.1 Å². The Labute approximate surface area is 186 Å². The van der Waals surface area contributed by atoms with Crippen molar-refractivity contribution in [1.29, 1.82) is 0 Å². The average molecular weight is 466 g/mol. The first-order chi connectivity index (χ1) is 14.8. The summed E-state index contributed by atoms with van der Waals surface area (Å²) in [5, 5.41) is 12.9. The Balaban J connectivity index is 1.45. The van der Waals surface area contributed by atoms with Crippen LogP contribution in [0.3, 0.4) is 0 Å². The van der Waals surface area contributed by atoms with Crippen molar-refractivity contribution in [2.45, 2.75) is 44.4 Å². The maximum absolute atomic E-state index is 14.2. The molecule has 3 heterocycles. The standard InChI is InChI=1S/C21H18Cl2FN3O4/c22-13-3-4-14(23)16(24)11(13)6-25-20(30)12-7-26-8-15-9-1-2-10(5-9)27(15)21(31)17(26)19(29)18(12)28/h3-4,7,9-10,15,29H,1-2,5-6,8H2,(H,25,30)/t9-,10+,15-/m0/s1. The van der Waals surface area contributed by atoms with Gasteiger partial charge in [-0.25, -0.2) is 4.39 Å². The maximum atomic E-state index is 14.2. The number of aromatic nitrogens is 1. The highest BCUT2D eigenvalue weighted by molar-refractivity contribution is 6.33. The predicted molar refractivity (Wildman–Crippen MR) is 111 cm³/mol. The van der Waals surface area contributed by atoms with Crippen LogP contribution in [0.2, 0.25) is 10.0 Å². The Hall–Kier alpha value is -2.58. The summed E-state index contributed by atoms with van der Waals surface area (Å²) in [6.45, 7) is 0.107. The normalized spacial score (nSPS) is 23.6. The lowest BCUT2D eigenvalue weighted by Gasteiger charge is -2.40. The van der Waals surface area contributed by atoms with Gasteiger partial charge in [-0.15, -0.1) is 0 Å². The van der Waals surface area contributed by atoms with Crippen LogP contribution < -0.4 is 10.7 Å². The molecule has 10 heteroatoms. The van der Waals surface area contributed by atoms with Crippen molar-refractivity contribution >= 4 is 35.0 Å². The van der Waals surface area contributed by atoms with Crippen LogP contribution in [-0.2, 0) is 13.1 Å². The van der Waals surface area contributed by atoms with E-state index in [1.807, 2.05) is 0 Å². The molecule has 2 N–H and O–H groups in total. The quantitative estimate of drug-likeness (QED) is 0.681. The molecule has 5 rings (SSSR count). The summed E-state index contributed by atoms with van der Waals surface area (Å²) in [5.74, 6) is -2.31. The van der Waals surface area contributed by atoms with E-state index in [9.17, 15) is 23.9 Å². The van der Waals surface area contributed by atoms with E-state index in [0.29, 0.717) is 12.5 Å². The van der Waals surface area contributed by atoms with Gasteiger partial charge in [0.15, 0.2) is 11.4 Å². The first kappa shape index (κ1) is 20.3. The number of halogens is 3. The summed E-state index contributed by atoms with van der Waals surface area (Å²) >= 11 is 11.7. The Morgan fingerprint density at radius 1 is 1.23 bits per heavy atom. The molecule has 2 fully saturated rings. The molecule has 1 saturated heterocycles. The summed E-state index contributed by atoms with van der Waals surface area (Å²) in [7, 11) is 0. The van der Waals surface area contributed by atoms with Crippen LogP contribution >= 0.6 is 23.2 Å². The minimum atomic E-state index is -0.947. The second-order valence-electron chi connectivity index (χ2n) is 8.23. The number of carbonyl (C=O) groups is 2. The zero-order chi connectivity index (χ0) is 22.0. The third-order valence-corrected chi connectivity index (χ3v) is 7.27. The first-order valence-corrected chi connectivity index (χ1v) is 10.7. The van der Waals surface area contributed by atoms with Gasteiger partial charge in [-0.2, -0.15) is 0 Å². The number of nitrogens with one attached hydrogen (secondary N) is 1. The number of rotatable bonds is 3. The number of hydrogen-bond acceptors (Lipinski definition) is 4. The molecule has 1 saturated carbocycles. The molecule has 1 aromatic carbocycles.